The van der Waals surface area contributed by atoms with Gasteiger partial charge in [0, 0.05) is 48.1 Å². The molecule has 2 amide bonds. The van der Waals surface area contributed by atoms with Crippen molar-refractivity contribution in [3.05, 3.63) is 41.6 Å². The maximum atomic E-state index is 12.8. The third-order valence-electron chi connectivity index (χ3n) is 7.69. The Morgan fingerprint density at radius 2 is 1.86 bits per heavy atom. The number of benzene rings is 1. The van der Waals surface area contributed by atoms with E-state index in [2.05, 4.69) is 38.2 Å². The molecule has 37 heavy (non-hydrogen) atoms. The molecule has 0 spiro atoms. The van der Waals surface area contributed by atoms with E-state index >= 15 is 0 Å². The molecule has 2 heterocycles. The quantitative estimate of drug-likeness (QED) is 0.345. The van der Waals surface area contributed by atoms with Gasteiger partial charge in [-0.15, -0.1) is 0 Å². The third kappa shape index (κ3) is 6.97. The molecule has 1 aliphatic heterocycles. The van der Waals surface area contributed by atoms with Gasteiger partial charge in [0.2, 0.25) is 11.9 Å². The third-order valence-corrected chi connectivity index (χ3v) is 7.69. The molecule has 5 rings (SSSR count). The minimum atomic E-state index is -0.0463. The first-order valence-electron chi connectivity index (χ1n) is 13.8. The van der Waals surface area contributed by atoms with Crippen molar-refractivity contribution in [2.45, 2.75) is 63.3 Å². The fourth-order valence-corrected chi connectivity index (χ4v) is 4.90. The molecule has 2 aliphatic carbocycles. The molecule has 0 unspecified atom stereocenters. The fraction of sp³-hybridized carbons (Fsp3) is 0.571. The summed E-state index contributed by atoms with van der Waals surface area (Å²) in [5.41, 5.74) is 2.55. The van der Waals surface area contributed by atoms with Crippen LogP contribution in [0.3, 0.4) is 0 Å². The molecule has 0 atom stereocenters. The van der Waals surface area contributed by atoms with Crippen LogP contribution >= 0.6 is 0 Å². The normalized spacial score (nSPS) is 18.6. The first kappa shape index (κ1) is 25.4. The summed E-state index contributed by atoms with van der Waals surface area (Å²) in [6, 6.07) is 7.70. The topological polar surface area (TPSA) is 111 Å². The maximum absolute atomic E-state index is 12.8. The molecule has 0 bridgehead atoms. The summed E-state index contributed by atoms with van der Waals surface area (Å²) in [5.74, 6) is 2.24. The number of carbonyl (C=O) groups excluding carboxylic acids is 2. The highest BCUT2D eigenvalue weighted by Crippen LogP contribution is 2.42. The minimum Gasteiger partial charge on any atom is -0.370 e. The van der Waals surface area contributed by atoms with E-state index in [9.17, 15) is 9.59 Å². The second-order valence-electron chi connectivity index (χ2n) is 10.7. The Hall–Kier alpha value is -3.20. The van der Waals surface area contributed by atoms with Crippen LogP contribution in [0.25, 0.3) is 0 Å². The average molecular weight is 506 g/mol. The Morgan fingerprint density at radius 3 is 2.59 bits per heavy atom. The summed E-state index contributed by atoms with van der Waals surface area (Å²) in [6.45, 7) is 3.41. The van der Waals surface area contributed by atoms with E-state index in [1.165, 1.54) is 6.42 Å². The van der Waals surface area contributed by atoms with Crippen molar-refractivity contribution in [2.24, 2.45) is 5.92 Å². The van der Waals surface area contributed by atoms with E-state index in [0.29, 0.717) is 24.0 Å². The molecule has 1 aromatic heterocycles. The zero-order valence-electron chi connectivity index (χ0n) is 21.8. The Balaban J connectivity index is 1.16. The zero-order chi connectivity index (χ0) is 25.6. The lowest BCUT2D eigenvalue weighted by molar-refractivity contribution is -0.127. The zero-order valence-corrected chi connectivity index (χ0v) is 21.8. The lowest BCUT2D eigenvalue weighted by Gasteiger charge is -2.29. The molecular formula is C28H39N7O2. The summed E-state index contributed by atoms with van der Waals surface area (Å²) >= 11 is 0. The van der Waals surface area contributed by atoms with Gasteiger partial charge in [-0.1, -0.05) is 12.5 Å². The molecule has 4 N–H and O–H groups in total. The number of amides is 2. The van der Waals surface area contributed by atoms with E-state index in [0.717, 1.165) is 81.6 Å². The van der Waals surface area contributed by atoms with Crippen molar-refractivity contribution in [1.82, 2.24) is 25.5 Å². The second kappa shape index (κ2) is 11.9. The van der Waals surface area contributed by atoms with Gasteiger partial charge in [0.15, 0.2) is 0 Å². The Labute approximate surface area is 219 Å². The number of rotatable bonds is 11. The van der Waals surface area contributed by atoms with Gasteiger partial charge in [-0.25, -0.2) is 4.98 Å². The molecule has 198 valence electrons. The van der Waals surface area contributed by atoms with Gasteiger partial charge in [0.05, 0.1) is 0 Å². The number of hydrogen-bond donors (Lipinski definition) is 4. The Bertz CT molecular complexity index is 1090. The van der Waals surface area contributed by atoms with Gasteiger partial charge in [-0.3, -0.25) is 9.59 Å². The Morgan fingerprint density at radius 1 is 1.05 bits per heavy atom. The highest BCUT2D eigenvalue weighted by atomic mass is 16.2. The smallest absolute Gasteiger partial charge is 0.251 e. The number of likely N-dealkylation sites (tertiary alicyclic amines) is 1. The van der Waals surface area contributed by atoms with E-state index < -0.39 is 0 Å². The standard InChI is InChI=1S/C28H39N7O2/c1-35-15-11-22(12-16-35)32-27(37)21-7-3-8-23(17-21)33-28-31-18-24(19-9-10-19)25(34-28)29-13-4-14-30-26(36)20-5-2-6-20/h3,7-8,17-20,22H,2,4-6,9-16H2,1H3,(H,30,36)(H,32,37)(H2,29,31,33,34). The molecule has 2 saturated carbocycles. The first-order valence-corrected chi connectivity index (χ1v) is 13.8. The molecule has 9 heteroatoms. The molecule has 0 radical (unpaired) electrons. The molecule has 1 saturated heterocycles. The number of carbonyl (C=O) groups is 2. The van der Waals surface area contributed by atoms with Crippen molar-refractivity contribution < 1.29 is 9.59 Å². The molecule has 3 fully saturated rings. The van der Waals surface area contributed by atoms with Crippen molar-refractivity contribution >= 4 is 29.3 Å². The number of nitrogens with zero attached hydrogens (tertiary/aromatic N) is 3. The van der Waals surface area contributed by atoms with E-state index in [1.54, 1.807) is 0 Å². The van der Waals surface area contributed by atoms with Crippen LogP contribution < -0.4 is 21.3 Å². The average Bonchev–Trinajstić information content (AvgIpc) is 3.70. The second-order valence-corrected chi connectivity index (χ2v) is 10.7. The van der Waals surface area contributed by atoms with Crippen LogP contribution in [0.15, 0.2) is 30.5 Å². The van der Waals surface area contributed by atoms with Gasteiger partial charge < -0.3 is 26.2 Å². The molecule has 2 aromatic rings. The van der Waals surface area contributed by atoms with Crippen molar-refractivity contribution in [3.8, 4) is 0 Å². The number of hydrogen-bond acceptors (Lipinski definition) is 7. The SMILES string of the molecule is CN1CCC(NC(=O)c2cccc(Nc3ncc(C4CC4)c(NCCCNC(=O)C4CCC4)n3)c2)CC1. The lowest BCUT2D eigenvalue weighted by atomic mass is 9.85. The van der Waals surface area contributed by atoms with Crippen LogP contribution in [0, 0.1) is 5.92 Å². The molecule has 1 aromatic carbocycles. The monoisotopic (exact) mass is 505 g/mol. The summed E-state index contributed by atoms with van der Waals surface area (Å²) in [6.07, 6.45) is 10.2. The first-order chi connectivity index (χ1) is 18.0. The summed E-state index contributed by atoms with van der Waals surface area (Å²) < 4.78 is 0. The summed E-state index contributed by atoms with van der Waals surface area (Å²) in [5, 5.41) is 13.0. The van der Waals surface area contributed by atoms with Crippen LogP contribution in [-0.2, 0) is 4.79 Å². The molecule has 9 nitrogen and oxygen atoms in total. The number of nitrogens with one attached hydrogen (secondary N) is 4. The van der Waals surface area contributed by atoms with E-state index in [1.807, 2.05) is 30.5 Å². The van der Waals surface area contributed by atoms with Gasteiger partial charge in [-0.2, -0.15) is 4.98 Å². The van der Waals surface area contributed by atoms with Crippen molar-refractivity contribution in [1.29, 1.82) is 0 Å². The van der Waals surface area contributed by atoms with E-state index in [4.69, 9.17) is 4.98 Å². The van der Waals surface area contributed by atoms with Crippen LogP contribution in [0.2, 0.25) is 0 Å². The van der Waals surface area contributed by atoms with Crippen LogP contribution in [-0.4, -0.2) is 66.0 Å². The summed E-state index contributed by atoms with van der Waals surface area (Å²) in [7, 11) is 2.11. The minimum absolute atomic E-state index is 0.0463. The number of piperidine rings is 1. The highest BCUT2D eigenvalue weighted by Gasteiger charge is 2.28. The highest BCUT2D eigenvalue weighted by molar-refractivity contribution is 5.95. The van der Waals surface area contributed by atoms with Gasteiger partial charge in [0.25, 0.3) is 5.91 Å². The summed E-state index contributed by atoms with van der Waals surface area (Å²) in [4.78, 5) is 36.5. The number of anilines is 3. The van der Waals surface area contributed by atoms with Gasteiger partial charge in [-0.05, 0) is 89.2 Å². The van der Waals surface area contributed by atoms with Crippen molar-refractivity contribution in [3.63, 3.8) is 0 Å². The van der Waals surface area contributed by atoms with Gasteiger partial charge >= 0.3 is 0 Å². The maximum Gasteiger partial charge on any atom is 0.251 e. The van der Waals surface area contributed by atoms with Crippen LogP contribution in [0.1, 0.15) is 73.2 Å². The predicted molar refractivity (Wildman–Crippen MR) is 145 cm³/mol. The molecular weight excluding hydrogens is 466 g/mol. The largest absolute Gasteiger partial charge is 0.370 e. The lowest BCUT2D eigenvalue weighted by Crippen LogP contribution is -2.43. The predicted octanol–water partition coefficient (Wildman–Crippen LogP) is 3.64. The van der Waals surface area contributed by atoms with E-state index in [-0.39, 0.29) is 23.8 Å². The fourth-order valence-electron chi connectivity index (χ4n) is 4.90. The van der Waals surface area contributed by atoms with Crippen molar-refractivity contribution in [2.75, 3.05) is 43.9 Å². The van der Waals surface area contributed by atoms with Crippen LogP contribution in [0.4, 0.5) is 17.5 Å². The Kier molecular flexibility index (Phi) is 8.18. The number of aromatic nitrogens is 2. The van der Waals surface area contributed by atoms with Gasteiger partial charge in [0.1, 0.15) is 5.82 Å². The van der Waals surface area contributed by atoms with Crippen LogP contribution in [0.5, 0.6) is 0 Å². The molecule has 3 aliphatic rings.